The molecule has 1 aliphatic rings. The maximum atomic E-state index is 12.6. The lowest BCUT2D eigenvalue weighted by molar-refractivity contribution is -0.117. The number of likely N-dealkylation sites (tertiary alicyclic amines) is 1. The van der Waals surface area contributed by atoms with Crippen LogP contribution >= 0.6 is 0 Å². The fourth-order valence-electron chi connectivity index (χ4n) is 3.63. The molecule has 1 amide bonds. The molecule has 0 aromatic heterocycles. The van der Waals surface area contributed by atoms with E-state index >= 15 is 0 Å². The number of nitrogens with zero attached hydrogens (tertiary/aromatic N) is 1. The van der Waals surface area contributed by atoms with Crippen LogP contribution in [-0.4, -0.2) is 52.8 Å². The Morgan fingerprint density at radius 1 is 1.14 bits per heavy atom. The van der Waals surface area contributed by atoms with Gasteiger partial charge in [0.2, 0.25) is 5.91 Å². The van der Waals surface area contributed by atoms with Gasteiger partial charge in [0.25, 0.3) is 0 Å². The summed E-state index contributed by atoms with van der Waals surface area (Å²) in [5.41, 5.74) is 1.61. The van der Waals surface area contributed by atoms with Gasteiger partial charge in [0.15, 0.2) is 9.84 Å². The van der Waals surface area contributed by atoms with Crippen LogP contribution in [0, 0.1) is 0 Å². The van der Waals surface area contributed by atoms with Crippen LogP contribution in [0.1, 0.15) is 24.4 Å². The van der Waals surface area contributed by atoms with Gasteiger partial charge in [-0.15, -0.1) is 0 Å². The fraction of sp³-hybridized carbons (Fsp3) is 0.381. The summed E-state index contributed by atoms with van der Waals surface area (Å²) in [7, 11) is -0.0145. The van der Waals surface area contributed by atoms with Gasteiger partial charge >= 0.3 is 0 Å². The van der Waals surface area contributed by atoms with Crippen LogP contribution < -0.4 is 14.8 Å². The van der Waals surface area contributed by atoms with Gasteiger partial charge in [-0.1, -0.05) is 6.07 Å². The lowest BCUT2D eigenvalue weighted by Crippen LogP contribution is -2.33. The SMILES string of the molecule is COc1ccc(C2CCCN2CC(=O)Nc2ccc(S(C)(=O)=O)cc2)c(OC)c1. The molecular formula is C21H26N2O5S. The summed E-state index contributed by atoms with van der Waals surface area (Å²) < 4.78 is 33.9. The summed E-state index contributed by atoms with van der Waals surface area (Å²) in [6.45, 7) is 1.06. The second-order valence-corrected chi connectivity index (χ2v) is 9.10. The Bertz CT molecular complexity index is 973. The van der Waals surface area contributed by atoms with Gasteiger partial charge in [0.05, 0.1) is 25.7 Å². The Morgan fingerprint density at radius 3 is 2.48 bits per heavy atom. The Labute approximate surface area is 171 Å². The number of hydrogen-bond donors (Lipinski definition) is 1. The van der Waals surface area contributed by atoms with Gasteiger partial charge in [0.1, 0.15) is 11.5 Å². The molecule has 1 aliphatic heterocycles. The normalized spacial score (nSPS) is 17.1. The van der Waals surface area contributed by atoms with Gasteiger partial charge < -0.3 is 14.8 Å². The number of methoxy groups -OCH3 is 2. The number of amides is 1. The van der Waals surface area contributed by atoms with Gasteiger partial charge in [-0.2, -0.15) is 0 Å². The third kappa shape index (κ3) is 5.07. The first kappa shape index (κ1) is 21.1. The molecule has 0 spiro atoms. The second-order valence-electron chi connectivity index (χ2n) is 7.08. The first-order valence-corrected chi connectivity index (χ1v) is 11.3. The molecule has 1 saturated heterocycles. The zero-order valence-electron chi connectivity index (χ0n) is 16.8. The van der Waals surface area contributed by atoms with Crippen LogP contribution in [0.2, 0.25) is 0 Å². The van der Waals surface area contributed by atoms with Crippen molar-refractivity contribution in [1.82, 2.24) is 4.90 Å². The summed E-state index contributed by atoms with van der Waals surface area (Å²) in [5, 5.41) is 2.84. The van der Waals surface area contributed by atoms with Crippen molar-refractivity contribution in [2.45, 2.75) is 23.8 Å². The highest BCUT2D eigenvalue weighted by Crippen LogP contribution is 2.38. The Hall–Kier alpha value is -2.58. The van der Waals surface area contributed by atoms with Crippen molar-refractivity contribution < 1.29 is 22.7 Å². The van der Waals surface area contributed by atoms with Gasteiger partial charge in [-0.05, 0) is 49.7 Å². The maximum Gasteiger partial charge on any atom is 0.238 e. The van der Waals surface area contributed by atoms with Crippen molar-refractivity contribution in [1.29, 1.82) is 0 Å². The minimum Gasteiger partial charge on any atom is -0.497 e. The summed E-state index contributed by atoms with van der Waals surface area (Å²) in [6, 6.07) is 12.0. The molecular weight excluding hydrogens is 392 g/mol. The lowest BCUT2D eigenvalue weighted by Gasteiger charge is -2.26. The molecule has 156 valence electrons. The van der Waals surface area contributed by atoms with E-state index < -0.39 is 9.84 Å². The zero-order valence-corrected chi connectivity index (χ0v) is 17.7. The van der Waals surface area contributed by atoms with Crippen LogP contribution in [-0.2, 0) is 14.6 Å². The molecule has 8 heteroatoms. The monoisotopic (exact) mass is 418 g/mol. The highest BCUT2D eigenvalue weighted by atomic mass is 32.2. The number of rotatable bonds is 7. The molecule has 1 atom stereocenters. The zero-order chi connectivity index (χ0) is 21.0. The van der Waals surface area contributed by atoms with E-state index in [4.69, 9.17) is 9.47 Å². The van der Waals surface area contributed by atoms with Crippen molar-refractivity contribution in [3.8, 4) is 11.5 Å². The molecule has 2 aromatic rings. The molecule has 29 heavy (non-hydrogen) atoms. The van der Waals surface area contributed by atoms with Crippen LogP contribution in [0.4, 0.5) is 5.69 Å². The molecule has 1 unspecified atom stereocenters. The summed E-state index contributed by atoms with van der Waals surface area (Å²) in [6.07, 6.45) is 3.09. The maximum absolute atomic E-state index is 12.6. The van der Waals surface area contributed by atoms with E-state index in [0.717, 1.165) is 42.7 Å². The first-order chi connectivity index (χ1) is 13.8. The topological polar surface area (TPSA) is 84.9 Å². The number of carbonyl (C=O) groups excluding carboxylic acids is 1. The number of nitrogens with one attached hydrogen (secondary N) is 1. The lowest BCUT2D eigenvalue weighted by atomic mass is 10.0. The number of hydrogen-bond acceptors (Lipinski definition) is 6. The van der Waals surface area contributed by atoms with E-state index in [1.54, 1.807) is 26.4 Å². The Morgan fingerprint density at radius 2 is 1.86 bits per heavy atom. The second kappa shape index (κ2) is 8.84. The van der Waals surface area contributed by atoms with Crippen molar-refractivity contribution in [3.05, 3.63) is 48.0 Å². The molecule has 1 fully saturated rings. The molecule has 3 rings (SSSR count). The largest absolute Gasteiger partial charge is 0.497 e. The Kier molecular flexibility index (Phi) is 6.44. The van der Waals surface area contributed by atoms with Crippen LogP contribution in [0.3, 0.4) is 0 Å². The number of anilines is 1. The number of sulfone groups is 1. The van der Waals surface area contributed by atoms with E-state index in [9.17, 15) is 13.2 Å². The third-order valence-corrected chi connectivity index (χ3v) is 6.20. The quantitative estimate of drug-likeness (QED) is 0.744. The van der Waals surface area contributed by atoms with Crippen LogP contribution in [0.15, 0.2) is 47.4 Å². The first-order valence-electron chi connectivity index (χ1n) is 9.38. The summed E-state index contributed by atoms with van der Waals surface area (Å²) in [4.78, 5) is 14.9. The van der Waals surface area contributed by atoms with E-state index in [2.05, 4.69) is 10.2 Å². The van der Waals surface area contributed by atoms with Gasteiger partial charge in [0, 0.05) is 29.6 Å². The minimum absolute atomic E-state index is 0.0919. The highest BCUT2D eigenvalue weighted by Gasteiger charge is 2.30. The number of ether oxygens (including phenoxy) is 2. The summed E-state index contributed by atoms with van der Waals surface area (Å²) >= 11 is 0. The molecule has 1 N–H and O–H groups in total. The van der Waals surface area contributed by atoms with Crippen molar-refractivity contribution in [3.63, 3.8) is 0 Å². The Balaban J connectivity index is 1.68. The molecule has 1 heterocycles. The molecule has 0 radical (unpaired) electrons. The summed E-state index contributed by atoms with van der Waals surface area (Å²) in [5.74, 6) is 1.33. The van der Waals surface area contributed by atoms with Crippen LogP contribution in [0.25, 0.3) is 0 Å². The average molecular weight is 419 g/mol. The van der Waals surface area contributed by atoms with Crippen molar-refractivity contribution in [2.75, 3.05) is 38.9 Å². The highest BCUT2D eigenvalue weighted by molar-refractivity contribution is 7.90. The van der Waals surface area contributed by atoms with Crippen LogP contribution in [0.5, 0.6) is 11.5 Å². The number of benzene rings is 2. The molecule has 0 aliphatic carbocycles. The average Bonchev–Trinajstić information content (AvgIpc) is 3.14. The predicted octanol–water partition coefficient (Wildman–Crippen LogP) is 2.88. The molecule has 0 saturated carbocycles. The predicted molar refractivity (Wildman–Crippen MR) is 111 cm³/mol. The van der Waals surface area contributed by atoms with E-state index in [-0.39, 0.29) is 23.4 Å². The number of carbonyl (C=O) groups is 1. The van der Waals surface area contributed by atoms with Gasteiger partial charge in [-0.25, -0.2) is 8.42 Å². The fourth-order valence-corrected chi connectivity index (χ4v) is 4.26. The van der Waals surface area contributed by atoms with E-state index in [1.807, 2.05) is 18.2 Å². The smallest absolute Gasteiger partial charge is 0.238 e. The van der Waals surface area contributed by atoms with E-state index in [0.29, 0.717) is 5.69 Å². The van der Waals surface area contributed by atoms with E-state index in [1.165, 1.54) is 12.1 Å². The third-order valence-electron chi connectivity index (χ3n) is 5.08. The van der Waals surface area contributed by atoms with Gasteiger partial charge in [-0.3, -0.25) is 9.69 Å². The standard InChI is InChI=1S/C21H26N2O5S/c1-27-16-8-11-18(20(13-16)28-2)19-5-4-12-23(19)14-21(24)22-15-6-9-17(10-7-15)29(3,25)26/h6-11,13,19H,4-5,12,14H2,1-3H3,(H,22,24). The molecule has 2 aromatic carbocycles. The van der Waals surface area contributed by atoms with Crippen molar-refractivity contribution in [2.24, 2.45) is 0 Å². The molecule has 0 bridgehead atoms. The molecule has 7 nitrogen and oxygen atoms in total. The van der Waals surface area contributed by atoms with Crippen molar-refractivity contribution >= 4 is 21.4 Å². The minimum atomic E-state index is -3.26.